The Morgan fingerprint density at radius 3 is 1.27 bits per heavy atom. The molecule has 64 heavy (non-hydrogen) atoms. The molecule has 0 amide bonds. The first-order valence-electron chi connectivity index (χ1n) is 26.7. The Morgan fingerprint density at radius 2 is 0.828 bits per heavy atom. The molecule has 0 aromatic carbocycles. The number of carbonyl (C=O) groups excluding carboxylic acids is 2. The number of hydrogen-bond acceptors (Lipinski definition) is 6. The van der Waals surface area contributed by atoms with Gasteiger partial charge in [0.2, 0.25) is 0 Å². The van der Waals surface area contributed by atoms with Gasteiger partial charge in [0.05, 0.1) is 34.4 Å². The Morgan fingerprint density at radius 1 is 0.469 bits per heavy atom. The summed E-state index contributed by atoms with van der Waals surface area (Å²) in [6.07, 6.45) is 57.3. The molecule has 0 aliphatic rings. The zero-order valence-electron chi connectivity index (χ0n) is 42.5. The molecule has 0 saturated heterocycles. The fourth-order valence-electron chi connectivity index (χ4n) is 7.80. The van der Waals surface area contributed by atoms with Gasteiger partial charge in [-0.05, 0) is 77.0 Å². The molecule has 0 spiro atoms. The maximum absolute atomic E-state index is 12.8. The van der Waals surface area contributed by atoms with E-state index in [1.165, 1.54) is 141 Å². The van der Waals surface area contributed by atoms with Crippen LogP contribution in [0.1, 0.15) is 239 Å². The van der Waals surface area contributed by atoms with Crippen molar-refractivity contribution in [3.63, 3.8) is 0 Å². The highest BCUT2D eigenvalue weighted by Crippen LogP contribution is 2.15. The van der Waals surface area contributed by atoms with Crippen molar-refractivity contribution in [2.24, 2.45) is 0 Å². The third-order valence-corrected chi connectivity index (χ3v) is 12.0. The van der Waals surface area contributed by atoms with Crippen molar-refractivity contribution in [2.75, 3.05) is 41.0 Å². The van der Waals surface area contributed by atoms with Crippen LogP contribution in [-0.4, -0.2) is 80.6 Å². The second-order valence-electron chi connectivity index (χ2n) is 19.1. The molecule has 0 aromatic heterocycles. The van der Waals surface area contributed by atoms with Crippen molar-refractivity contribution in [2.45, 2.75) is 251 Å². The van der Waals surface area contributed by atoms with Crippen LogP contribution in [-0.2, 0) is 28.6 Å². The number of esters is 2. The number of aliphatic carboxylic acids is 1. The summed E-state index contributed by atoms with van der Waals surface area (Å²) in [7, 11) is 5.54. The SMILES string of the molecule is CCCCC/C=C/C/C=C/C/C=C/CCCCCCCCCCCC(=O)OCC(COCCC(C(=O)O)[N+](C)(C)C)OC(=O)CCCCCCC/C=C/CCCCCCCCCCC. The van der Waals surface area contributed by atoms with Gasteiger partial charge < -0.3 is 23.8 Å². The molecular weight excluding hydrogens is 799 g/mol. The van der Waals surface area contributed by atoms with E-state index in [2.05, 4.69) is 62.5 Å². The molecule has 8 heteroatoms. The summed E-state index contributed by atoms with van der Waals surface area (Å²) < 4.78 is 17.4. The zero-order valence-corrected chi connectivity index (χ0v) is 42.5. The van der Waals surface area contributed by atoms with Crippen LogP contribution >= 0.6 is 0 Å². The van der Waals surface area contributed by atoms with Gasteiger partial charge in [-0.3, -0.25) is 9.59 Å². The molecule has 0 aliphatic heterocycles. The summed E-state index contributed by atoms with van der Waals surface area (Å²) in [4.78, 5) is 37.2. The lowest BCUT2D eigenvalue weighted by atomic mass is 10.1. The number of quaternary nitrogens is 1. The van der Waals surface area contributed by atoms with E-state index >= 15 is 0 Å². The van der Waals surface area contributed by atoms with Gasteiger partial charge in [0, 0.05) is 19.3 Å². The Bertz CT molecular complexity index is 1190. The van der Waals surface area contributed by atoms with E-state index in [0.717, 1.165) is 64.2 Å². The lowest BCUT2D eigenvalue weighted by molar-refractivity contribution is -0.887. The van der Waals surface area contributed by atoms with Crippen LogP contribution in [0.25, 0.3) is 0 Å². The van der Waals surface area contributed by atoms with Gasteiger partial charge in [0.15, 0.2) is 12.1 Å². The molecule has 0 aromatic rings. The van der Waals surface area contributed by atoms with E-state index < -0.39 is 18.1 Å². The minimum atomic E-state index is -0.876. The van der Waals surface area contributed by atoms with Crippen molar-refractivity contribution >= 4 is 17.9 Å². The van der Waals surface area contributed by atoms with Crippen molar-refractivity contribution in [1.29, 1.82) is 0 Å². The number of hydrogen-bond donors (Lipinski definition) is 1. The monoisotopic (exact) mass is 901 g/mol. The van der Waals surface area contributed by atoms with Crippen LogP contribution in [0.2, 0.25) is 0 Å². The first-order valence-corrected chi connectivity index (χ1v) is 26.7. The maximum atomic E-state index is 12.8. The highest BCUT2D eigenvalue weighted by molar-refractivity contribution is 5.72. The standard InChI is InChI=1S/C56H101NO7/c1-6-8-10-12-14-16-18-20-22-24-26-27-28-29-31-32-34-36-38-40-42-44-46-54(58)63-51-52(50-62-49-48-53(56(60)61)57(3,4)5)64-55(59)47-45-43-41-39-37-35-33-30-25-23-21-19-17-15-13-11-9-7-2/h14,16,20,22,26-27,30,33,52-53H,6-13,15,17-19,21,23-25,28-29,31-32,34-51H2,1-5H3/p+1/b16-14+,22-20+,27-26+,33-30+. The van der Waals surface area contributed by atoms with E-state index in [-0.39, 0.29) is 36.2 Å². The Labute approximate surface area is 395 Å². The minimum absolute atomic E-state index is 0.0566. The van der Waals surface area contributed by atoms with Gasteiger partial charge in [-0.25, -0.2) is 4.79 Å². The number of carboxylic acids is 1. The predicted molar refractivity (Wildman–Crippen MR) is 271 cm³/mol. The van der Waals surface area contributed by atoms with Crippen LogP contribution < -0.4 is 0 Å². The van der Waals surface area contributed by atoms with E-state index in [1.54, 1.807) is 0 Å². The van der Waals surface area contributed by atoms with E-state index in [4.69, 9.17) is 14.2 Å². The molecular formula is C56H102NO7+. The predicted octanol–water partition coefficient (Wildman–Crippen LogP) is 15.5. The van der Waals surface area contributed by atoms with Gasteiger partial charge >= 0.3 is 17.9 Å². The summed E-state index contributed by atoms with van der Waals surface area (Å²) in [5.41, 5.74) is 0. The molecule has 2 atom stereocenters. The van der Waals surface area contributed by atoms with Crippen LogP contribution in [0, 0.1) is 0 Å². The number of ether oxygens (including phenoxy) is 3. The second-order valence-corrected chi connectivity index (χ2v) is 19.1. The summed E-state index contributed by atoms with van der Waals surface area (Å²) in [5, 5.41) is 9.66. The van der Waals surface area contributed by atoms with Crippen LogP contribution in [0.4, 0.5) is 0 Å². The lowest BCUT2D eigenvalue weighted by Gasteiger charge is -2.31. The third-order valence-electron chi connectivity index (χ3n) is 12.0. The fourth-order valence-corrected chi connectivity index (χ4v) is 7.80. The topological polar surface area (TPSA) is 99.1 Å². The van der Waals surface area contributed by atoms with Crippen LogP contribution in [0.15, 0.2) is 48.6 Å². The van der Waals surface area contributed by atoms with Crippen molar-refractivity contribution in [3.05, 3.63) is 48.6 Å². The Kier molecular flexibility index (Phi) is 44.8. The Hall–Kier alpha value is -2.71. The number of allylic oxidation sites excluding steroid dienone is 8. The summed E-state index contributed by atoms with van der Waals surface area (Å²) in [5.74, 6) is -1.48. The third kappa shape index (κ3) is 44.5. The summed E-state index contributed by atoms with van der Waals surface area (Å²) in [6, 6.07) is -0.618. The van der Waals surface area contributed by atoms with Gasteiger partial charge in [-0.1, -0.05) is 191 Å². The maximum Gasteiger partial charge on any atom is 0.362 e. The molecule has 0 saturated carbocycles. The number of carboxylic acid groups (broad SMARTS) is 1. The molecule has 0 bridgehead atoms. The molecule has 0 heterocycles. The van der Waals surface area contributed by atoms with Crippen molar-refractivity contribution in [3.8, 4) is 0 Å². The highest BCUT2D eigenvalue weighted by atomic mass is 16.6. The average Bonchev–Trinajstić information content (AvgIpc) is 3.26. The lowest BCUT2D eigenvalue weighted by Crippen LogP contribution is -2.50. The summed E-state index contributed by atoms with van der Waals surface area (Å²) >= 11 is 0. The number of unbranched alkanes of at least 4 members (excludes halogenated alkanes) is 26. The molecule has 0 rings (SSSR count). The number of rotatable bonds is 48. The number of carbonyl (C=O) groups is 3. The molecule has 8 nitrogen and oxygen atoms in total. The van der Waals surface area contributed by atoms with E-state index in [1.807, 2.05) is 21.1 Å². The average molecular weight is 901 g/mol. The largest absolute Gasteiger partial charge is 0.477 e. The number of likely N-dealkylation sites (N-methyl/N-ethyl adjacent to an activating group) is 1. The minimum Gasteiger partial charge on any atom is -0.477 e. The van der Waals surface area contributed by atoms with Crippen molar-refractivity contribution < 1.29 is 38.2 Å². The van der Waals surface area contributed by atoms with Gasteiger partial charge in [-0.2, -0.15) is 0 Å². The number of nitrogens with zero attached hydrogens (tertiary/aromatic N) is 1. The first kappa shape index (κ1) is 61.3. The Balaban J connectivity index is 4.24. The van der Waals surface area contributed by atoms with Crippen molar-refractivity contribution in [1.82, 2.24) is 0 Å². The highest BCUT2D eigenvalue weighted by Gasteiger charge is 2.31. The zero-order chi connectivity index (χ0) is 47.0. The smallest absolute Gasteiger partial charge is 0.362 e. The molecule has 1 N–H and O–H groups in total. The molecule has 0 radical (unpaired) electrons. The van der Waals surface area contributed by atoms with Crippen LogP contribution in [0.5, 0.6) is 0 Å². The second kappa shape index (κ2) is 46.8. The van der Waals surface area contributed by atoms with E-state index in [9.17, 15) is 19.5 Å². The summed E-state index contributed by atoms with van der Waals surface area (Å²) in [6.45, 7) is 4.72. The van der Waals surface area contributed by atoms with Crippen LogP contribution in [0.3, 0.4) is 0 Å². The van der Waals surface area contributed by atoms with Gasteiger partial charge in [-0.15, -0.1) is 0 Å². The fraction of sp³-hybridized carbons (Fsp3) is 0.804. The van der Waals surface area contributed by atoms with Gasteiger partial charge in [0.25, 0.3) is 0 Å². The van der Waals surface area contributed by atoms with E-state index in [0.29, 0.717) is 19.3 Å². The molecule has 372 valence electrons. The molecule has 0 aliphatic carbocycles. The quantitative estimate of drug-likeness (QED) is 0.0281. The molecule has 0 fully saturated rings. The molecule has 2 unspecified atom stereocenters. The normalized spacial score (nSPS) is 13.2. The van der Waals surface area contributed by atoms with Gasteiger partial charge in [0.1, 0.15) is 6.61 Å². The first-order chi connectivity index (χ1) is 31.1.